The smallest absolute Gasteiger partial charge is 0.247 e. The summed E-state index contributed by atoms with van der Waals surface area (Å²) in [6.45, 7) is 0.126. The van der Waals surface area contributed by atoms with Gasteiger partial charge in [0, 0.05) is 30.4 Å². The van der Waals surface area contributed by atoms with Gasteiger partial charge in [0.05, 0.1) is 6.42 Å². The molecular weight excluding hydrogens is 285 g/mol. The zero-order chi connectivity index (χ0) is 15.4. The average molecular weight is 296 g/mol. The maximum absolute atomic E-state index is 13.4. The predicted molar refractivity (Wildman–Crippen MR) is 68.9 cm³/mol. The number of amides is 1. The van der Waals surface area contributed by atoms with Crippen molar-refractivity contribution in [3.63, 3.8) is 0 Å². The molecule has 0 aliphatic carbocycles. The highest BCUT2D eigenvalue weighted by atomic mass is 19.2. The minimum absolute atomic E-state index is 0.126. The molecule has 4 nitrogen and oxygen atoms in total. The van der Waals surface area contributed by atoms with Crippen LogP contribution < -0.4 is 10.9 Å². The van der Waals surface area contributed by atoms with Crippen LogP contribution in [0.2, 0.25) is 0 Å². The SMILES string of the molecule is O=C(Cc1cc(F)c(F)cc1F)NCc1ccc(=O)[nH]c1. The predicted octanol–water partition coefficient (Wildman–Crippen LogP) is 1.65. The first-order valence-corrected chi connectivity index (χ1v) is 6.03. The summed E-state index contributed by atoms with van der Waals surface area (Å²) in [6, 6.07) is 3.89. The van der Waals surface area contributed by atoms with Crippen molar-refractivity contribution in [1.82, 2.24) is 10.3 Å². The molecule has 0 unspecified atom stereocenters. The molecule has 2 rings (SSSR count). The highest BCUT2D eigenvalue weighted by Gasteiger charge is 2.13. The van der Waals surface area contributed by atoms with Crippen molar-refractivity contribution in [3.8, 4) is 0 Å². The summed E-state index contributed by atoms with van der Waals surface area (Å²) in [5.41, 5.74) is 0.149. The fourth-order valence-corrected chi connectivity index (χ4v) is 1.69. The third kappa shape index (κ3) is 3.95. The van der Waals surface area contributed by atoms with Gasteiger partial charge in [-0.1, -0.05) is 6.07 Å². The zero-order valence-electron chi connectivity index (χ0n) is 10.8. The molecule has 0 atom stereocenters. The van der Waals surface area contributed by atoms with Crippen molar-refractivity contribution in [3.05, 3.63) is 69.4 Å². The summed E-state index contributed by atoms with van der Waals surface area (Å²) in [4.78, 5) is 24.9. The summed E-state index contributed by atoms with van der Waals surface area (Å²) in [7, 11) is 0. The van der Waals surface area contributed by atoms with Crippen molar-refractivity contribution >= 4 is 5.91 Å². The van der Waals surface area contributed by atoms with E-state index in [9.17, 15) is 22.8 Å². The Morgan fingerprint density at radius 3 is 2.48 bits per heavy atom. The molecule has 2 aromatic rings. The van der Waals surface area contributed by atoms with Gasteiger partial charge in [-0.3, -0.25) is 9.59 Å². The van der Waals surface area contributed by atoms with Crippen LogP contribution in [-0.4, -0.2) is 10.9 Å². The molecule has 1 heterocycles. The minimum Gasteiger partial charge on any atom is -0.352 e. The number of halogens is 3. The van der Waals surface area contributed by atoms with E-state index in [1.165, 1.54) is 18.3 Å². The van der Waals surface area contributed by atoms with Crippen molar-refractivity contribution < 1.29 is 18.0 Å². The van der Waals surface area contributed by atoms with Crippen LogP contribution in [0.4, 0.5) is 13.2 Å². The molecule has 0 radical (unpaired) electrons. The number of hydrogen-bond acceptors (Lipinski definition) is 2. The number of H-pyrrole nitrogens is 1. The van der Waals surface area contributed by atoms with Crippen LogP contribution in [-0.2, 0) is 17.8 Å². The molecule has 1 amide bonds. The van der Waals surface area contributed by atoms with Crippen LogP contribution in [0.25, 0.3) is 0 Å². The molecule has 21 heavy (non-hydrogen) atoms. The quantitative estimate of drug-likeness (QED) is 0.843. The Hall–Kier alpha value is -2.57. The molecule has 1 aromatic heterocycles. The number of rotatable bonds is 4. The highest BCUT2D eigenvalue weighted by molar-refractivity contribution is 5.78. The molecule has 7 heteroatoms. The summed E-state index contributed by atoms with van der Waals surface area (Å²) < 4.78 is 39.1. The fraction of sp³-hybridized carbons (Fsp3) is 0.143. The van der Waals surface area contributed by atoms with Crippen LogP contribution in [0.15, 0.2) is 35.3 Å². The van der Waals surface area contributed by atoms with Gasteiger partial charge in [-0.15, -0.1) is 0 Å². The van der Waals surface area contributed by atoms with E-state index in [2.05, 4.69) is 10.3 Å². The van der Waals surface area contributed by atoms with Crippen LogP contribution in [0.5, 0.6) is 0 Å². The maximum Gasteiger partial charge on any atom is 0.247 e. The Kier molecular flexibility index (Phi) is 4.42. The third-order valence-electron chi connectivity index (χ3n) is 2.78. The lowest BCUT2D eigenvalue weighted by atomic mass is 10.1. The van der Waals surface area contributed by atoms with E-state index in [0.29, 0.717) is 17.7 Å². The van der Waals surface area contributed by atoms with E-state index in [4.69, 9.17) is 0 Å². The van der Waals surface area contributed by atoms with Gasteiger partial charge in [0.2, 0.25) is 11.5 Å². The minimum atomic E-state index is -1.30. The number of pyridine rings is 1. The number of hydrogen-bond donors (Lipinski definition) is 2. The van der Waals surface area contributed by atoms with Gasteiger partial charge in [0.15, 0.2) is 11.6 Å². The Bertz CT molecular complexity index is 708. The van der Waals surface area contributed by atoms with Crippen molar-refractivity contribution in [2.24, 2.45) is 0 Å². The monoisotopic (exact) mass is 296 g/mol. The first-order valence-electron chi connectivity index (χ1n) is 6.03. The van der Waals surface area contributed by atoms with E-state index in [1.54, 1.807) is 0 Å². The van der Waals surface area contributed by atoms with E-state index in [1.807, 2.05) is 0 Å². The molecule has 0 aliphatic heterocycles. The second kappa shape index (κ2) is 6.25. The normalized spacial score (nSPS) is 10.4. The largest absolute Gasteiger partial charge is 0.352 e. The number of nitrogens with one attached hydrogen (secondary N) is 2. The van der Waals surface area contributed by atoms with Crippen molar-refractivity contribution in [2.75, 3.05) is 0 Å². The number of carbonyl (C=O) groups is 1. The van der Waals surface area contributed by atoms with Gasteiger partial charge in [0.25, 0.3) is 0 Å². The van der Waals surface area contributed by atoms with E-state index in [-0.39, 0.29) is 17.7 Å². The lowest BCUT2D eigenvalue weighted by Gasteiger charge is -2.06. The Labute approximate surface area is 117 Å². The summed E-state index contributed by atoms with van der Waals surface area (Å²) in [6.07, 6.45) is 1.02. The molecular formula is C14H11F3N2O2. The topological polar surface area (TPSA) is 62.0 Å². The van der Waals surface area contributed by atoms with Crippen LogP contribution in [0.1, 0.15) is 11.1 Å². The lowest BCUT2D eigenvalue weighted by molar-refractivity contribution is -0.120. The van der Waals surface area contributed by atoms with Gasteiger partial charge in [-0.05, 0) is 11.6 Å². The number of aromatic nitrogens is 1. The first kappa shape index (κ1) is 14.8. The number of benzene rings is 1. The van der Waals surface area contributed by atoms with E-state index >= 15 is 0 Å². The van der Waals surface area contributed by atoms with E-state index < -0.39 is 29.8 Å². The Morgan fingerprint density at radius 2 is 1.81 bits per heavy atom. The molecule has 0 bridgehead atoms. The maximum atomic E-state index is 13.4. The second-order valence-corrected chi connectivity index (χ2v) is 4.37. The summed E-state index contributed by atoms with van der Waals surface area (Å²) >= 11 is 0. The van der Waals surface area contributed by atoms with E-state index in [0.717, 1.165) is 0 Å². The van der Waals surface area contributed by atoms with Gasteiger partial charge >= 0.3 is 0 Å². The van der Waals surface area contributed by atoms with Gasteiger partial charge < -0.3 is 10.3 Å². The molecule has 2 N–H and O–H groups in total. The molecule has 1 aromatic carbocycles. The molecule has 0 fully saturated rings. The second-order valence-electron chi connectivity index (χ2n) is 4.37. The Morgan fingerprint density at radius 1 is 1.10 bits per heavy atom. The van der Waals surface area contributed by atoms with Crippen LogP contribution >= 0.6 is 0 Å². The van der Waals surface area contributed by atoms with Gasteiger partial charge in [-0.2, -0.15) is 0 Å². The fourth-order valence-electron chi connectivity index (χ4n) is 1.69. The zero-order valence-corrected chi connectivity index (χ0v) is 10.8. The first-order chi connectivity index (χ1) is 9.95. The highest BCUT2D eigenvalue weighted by Crippen LogP contribution is 2.14. The van der Waals surface area contributed by atoms with Crippen LogP contribution in [0.3, 0.4) is 0 Å². The van der Waals surface area contributed by atoms with Crippen molar-refractivity contribution in [2.45, 2.75) is 13.0 Å². The van der Waals surface area contributed by atoms with Crippen molar-refractivity contribution in [1.29, 1.82) is 0 Å². The van der Waals surface area contributed by atoms with Crippen LogP contribution in [0, 0.1) is 17.5 Å². The molecule has 0 aliphatic rings. The number of carbonyl (C=O) groups excluding carboxylic acids is 1. The van der Waals surface area contributed by atoms with Gasteiger partial charge in [-0.25, -0.2) is 13.2 Å². The molecule has 110 valence electrons. The summed E-state index contributed by atoms with van der Waals surface area (Å²) in [5, 5.41) is 2.48. The lowest BCUT2D eigenvalue weighted by Crippen LogP contribution is -2.25. The third-order valence-corrected chi connectivity index (χ3v) is 2.78. The molecule has 0 spiro atoms. The number of aromatic amines is 1. The average Bonchev–Trinajstić information content (AvgIpc) is 2.44. The van der Waals surface area contributed by atoms with Gasteiger partial charge in [0.1, 0.15) is 5.82 Å². The molecule has 0 saturated heterocycles. The standard InChI is InChI=1S/C14H11F3N2O2/c15-10-5-12(17)11(16)3-9(10)4-14(21)19-7-8-1-2-13(20)18-6-8/h1-3,5-6H,4,7H2,(H,18,20)(H,19,21). The summed E-state index contributed by atoms with van der Waals surface area (Å²) in [5.74, 6) is -4.04. The Balaban J connectivity index is 1.97. The molecule has 0 saturated carbocycles.